The number of unbranched alkanes of at least 4 members (excludes halogenated alkanes) is 17. The highest BCUT2D eigenvalue weighted by molar-refractivity contribution is 5.69. The maximum atomic E-state index is 12.6. The largest absolute Gasteiger partial charge is 0.465 e. The molecule has 0 rings (SSSR count). The molecule has 0 amide bonds. The summed E-state index contributed by atoms with van der Waals surface area (Å²) in [5, 5.41) is 10.1. The van der Waals surface area contributed by atoms with E-state index in [9.17, 15) is 14.7 Å². The van der Waals surface area contributed by atoms with Crippen LogP contribution in [0.1, 0.15) is 220 Å². The number of esters is 2. The molecule has 0 bridgehead atoms. The van der Waals surface area contributed by atoms with Crippen LogP contribution in [0.3, 0.4) is 0 Å². The second kappa shape index (κ2) is 37.6. The lowest BCUT2D eigenvalue weighted by Crippen LogP contribution is -2.17. The lowest BCUT2D eigenvalue weighted by Gasteiger charge is -2.16. The van der Waals surface area contributed by atoms with Gasteiger partial charge in [0.05, 0.1) is 12.7 Å². The number of hydrogen-bond acceptors (Lipinski definition) is 5. The number of ether oxygens (including phenoxy) is 2. The van der Waals surface area contributed by atoms with Crippen molar-refractivity contribution >= 4 is 11.9 Å². The molecule has 0 aromatic rings. The van der Waals surface area contributed by atoms with Crippen molar-refractivity contribution in [3.63, 3.8) is 0 Å². The second-order valence-corrected chi connectivity index (χ2v) is 14.6. The van der Waals surface area contributed by atoms with Crippen LogP contribution >= 0.6 is 0 Å². The average Bonchev–Trinajstić information content (AvgIpc) is 3.10. The molecule has 5 nitrogen and oxygen atoms in total. The average molecular weight is 691 g/mol. The number of hydrogen-bond donors (Lipinski definition) is 1. The molecule has 0 aromatic carbocycles. The van der Waals surface area contributed by atoms with Crippen molar-refractivity contribution in [2.75, 3.05) is 6.61 Å². The number of aliphatic hydroxyl groups is 1. The van der Waals surface area contributed by atoms with E-state index in [1.807, 2.05) is 0 Å². The molecule has 3 atom stereocenters. The predicted octanol–water partition coefficient (Wildman–Crippen LogP) is 13.3. The fourth-order valence-electron chi connectivity index (χ4n) is 6.23. The third kappa shape index (κ3) is 34.6. The van der Waals surface area contributed by atoms with Gasteiger partial charge in [0.1, 0.15) is 6.10 Å². The molecule has 3 unspecified atom stereocenters. The molecule has 0 saturated heterocycles. The monoisotopic (exact) mass is 691 g/mol. The summed E-state index contributed by atoms with van der Waals surface area (Å²) in [6, 6.07) is 0. The van der Waals surface area contributed by atoms with Crippen LogP contribution < -0.4 is 0 Å². The zero-order valence-electron chi connectivity index (χ0n) is 33.0. The topological polar surface area (TPSA) is 72.8 Å². The van der Waals surface area contributed by atoms with Crippen LogP contribution in [0, 0.1) is 5.92 Å². The van der Waals surface area contributed by atoms with E-state index in [4.69, 9.17) is 9.47 Å². The van der Waals surface area contributed by atoms with Crippen molar-refractivity contribution in [3.8, 4) is 0 Å². The van der Waals surface area contributed by atoms with E-state index in [1.165, 1.54) is 70.6 Å². The zero-order valence-corrected chi connectivity index (χ0v) is 33.0. The summed E-state index contributed by atoms with van der Waals surface area (Å²) in [5.41, 5.74) is 0. The highest BCUT2D eigenvalue weighted by atomic mass is 16.5. The first-order valence-corrected chi connectivity index (χ1v) is 21.3. The summed E-state index contributed by atoms with van der Waals surface area (Å²) in [6.07, 6.45) is 40.7. The van der Waals surface area contributed by atoms with E-state index >= 15 is 0 Å². The van der Waals surface area contributed by atoms with Crippen LogP contribution in [0.15, 0.2) is 24.3 Å². The molecule has 0 aliphatic heterocycles. The van der Waals surface area contributed by atoms with Crippen LogP contribution in [0.5, 0.6) is 0 Å². The van der Waals surface area contributed by atoms with E-state index in [-0.39, 0.29) is 24.1 Å². The quantitative estimate of drug-likeness (QED) is 0.0399. The van der Waals surface area contributed by atoms with Gasteiger partial charge in [0.2, 0.25) is 0 Å². The molecule has 49 heavy (non-hydrogen) atoms. The molecule has 0 saturated carbocycles. The Hall–Kier alpha value is -1.62. The van der Waals surface area contributed by atoms with E-state index in [0.29, 0.717) is 25.4 Å². The first-order chi connectivity index (χ1) is 24.0. The molecule has 0 radical (unpaired) electrons. The van der Waals surface area contributed by atoms with E-state index in [0.717, 1.165) is 109 Å². The maximum Gasteiger partial charge on any atom is 0.306 e. The Labute approximate surface area is 304 Å². The van der Waals surface area contributed by atoms with Crippen LogP contribution in [-0.4, -0.2) is 35.9 Å². The molecule has 0 aliphatic rings. The molecule has 0 fully saturated rings. The van der Waals surface area contributed by atoms with Gasteiger partial charge >= 0.3 is 11.9 Å². The fourth-order valence-corrected chi connectivity index (χ4v) is 6.23. The van der Waals surface area contributed by atoms with Crippen LogP contribution in [0.25, 0.3) is 0 Å². The van der Waals surface area contributed by atoms with Crippen molar-refractivity contribution in [3.05, 3.63) is 24.3 Å². The molecule has 1 N–H and O–H groups in total. The third-order valence-electron chi connectivity index (χ3n) is 9.74. The number of aliphatic hydroxyl groups excluding tert-OH is 1. The van der Waals surface area contributed by atoms with Gasteiger partial charge < -0.3 is 14.6 Å². The summed E-state index contributed by atoms with van der Waals surface area (Å²) in [5.74, 6) is 0.455. The maximum absolute atomic E-state index is 12.6. The molecule has 288 valence electrons. The Morgan fingerprint density at radius 2 is 1.04 bits per heavy atom. The lowest BCUT2D eigenvalue weighted by atomic mass is 10.0. The Bertz CT molecular complexity index is 775. The van der Waals surface area contributed by atoms with Crippen molar-refractivity contribution in [1.29, 1.82) is 0 Å². The van der Waals surface area contributed by atoms with Gasteiger partial charge in [-0.05, 0) is 76.5 Å². The number of rotatable bonds is 37. The van der Waals surface area contributed by atoms with Crippen molar-refractivity contribution in [1.82, 2.24) is 0 Å². The SMILES string of the molecule is CCCCCCC(O)C/C=C\CCCCCCCC(=O)OC(C/C=C\CCCCCCCC(=O)OCC(CC)CCCC)CCCCCC. The summed E-state index contributed by atoms with van der Waals surface area (Å²) in [4.78, 5) is 24.7. The van der Waals surface area contributed by atoms with Gasteiger partial charge in [0, 0.05) is 19.3 Å². The smallest absolute Gasteiger partial charge is 0.306 e. The highest BCUT2D eigenvalue weighted by Crippen LogP contribution is 2.17. The molecule has 0 heterocycles. The van der Waals surface area contributed by atoms with Crippen LogP contribution in [-0.2, 0) is 19.1 Å². The normalized spacial score (nSPS) is 13.7. The lowest BCUT2D eigenvalue weighted by molar-refractivity contribution is -0.149. The molecule has 5 heteroatoms. The number of allylic oxidation sites excluding steroid dienone is 2. The van der Waals surface area contributed by atoms with E-state index in [2.05, 4.69) is 52.0 Å². The Kier molecular flexibility index (Phi) is 36.4. The van der Waals surface area contributed by atoms with Gasteiger partial charge in [-0.2, -0.15) is 0 Å². The molecular weight excluding hydrogens is 608 g/mol. The van der Waals surface area contributed by atoms with Gasteiger partial charge in [-0.15, -0.1) is 0 Å². The van der Waals surface area contributed by atoms with Gasteiger partial charge in [-0.1, -0.05) is 155 Å². The highest BCUT2D eigenvalue weighted by Gasteiger charge is 2.13. The number of carbonyl (C=O) groups is 2. The molecule has 0 spiro atoms. The first-order valence-electron chi connectivity index (χ1n) is 21.3. The number of carbonyl (C=O) groups excluding carboxylic acids is 2. The minimum absolute atomic E-state index is 0.00117. The molecule has 0 aromatic heterocycles. The fraction of sp³-hybridized carbons (Fsp3) is 0.864. The van der Waals surface area contributed by atoms with Gasteiger partial charge in [-0.25, -0.2) is 0 Å². The molecule has 0 aliphatic carbocycles. The Morgan fingerprint density at radius 3 is 1.63 bits per heavy atom. The van der Waals surface area contributed by atoms with E-state index < -0.39 is 0 Å². The van der Waals surface area contributed by atoms with Crippen molar-refractivity contribution in [2.45, 2.75) is 233 Å². The molecular formula is C44H82O5. The van der Waals surface area contributed by atoms with Gasteiger partial charge in [0.15, 0.2) is 0 Å². The van der Waals surface area contributed by atoms with Crippen LogP contribution in [0.4, 0.5) is 0 Å². The predicted molar refractivity (Wildman–Crippen MR) is 210 cm³/mol. The first kappa shape index (κ1) is 47.4. The zero-order chi connectivity index (χ0) is 36.0. The summed E-state index contributed by atoms with van der Waals surface area (Å²) in [6.45, 7) is 9.42. The summed E-state index contributed by atoms with van der Waals surface area (Å²) < 4.78 is 11.5. The standard InChI is InChI=1S/C44H82O5/c1-5-9-12-26-33-41(45)34-27-22-18-14-16-21-25-31-38-44(47)49-42(35-28-13-10-6-2)36-29-23-19-15-17-20-24-30-37-43(46)48-39-40(8-4)32-11-7-3/h22-23,27,29,40-42,45H,5-21,24-26,28,30-39H2,1-4H3/b27-22-,29-23-. The van der Waals surface area contributed by atoms with Crippen molar-refractivity contribution in [2.24, 2.45) is 5.92 Å². The van der Waals surface area contributed by atoms with Crippen LogP contribution in [0.2, 0.25) is 0 Å². The van der Waals surface area contributed by atoms with Gasteiger partial charge in [-0.3, -0.25) is 9.59 Å². The minimum Gasteiger partial charge on any atom is -0.465 e. The second-order valence-electron chi connectivity index (χ2n) is 14.6. The van der Waals surface area contributed by atoms with Gasteiger partial charge in [0.25, 0.3) is 0 Å². The van der Waals surface area contributed by atoms with Crippen molar-refractivity contribution < 1.29 is 24.2 Å². The Balaban J connectivity index is 4.02. The van der Waals surface area contributed by atoms with E-state index in [1.54, 1.807) is 0 Å². The minimum atomic E-state index is -0.185. The summed E-state index contributed by atoms with van der Waals surface area (Å²) in [7, 11) is 0. The Morgan fingerprint density at radius 1 is 0.531 bits per heavy atom. The third-order valence-corrected chi connectivity index (χ3v) is 9.74. The summed E-state index contributed by atoms with van der Waals surface area (Å²) >= 11 is 0.